The van der Waals surface area contributed by atoms with E-state index in [1.54, 1.807) is 21.2 Å². The van der Waals surface area contributed by atoms with Crippen molar-refractivity contribution >= 4 is 11.9 Å². The molecule has 0 bridgehead atoms. The van der Waals surface area contributed by atoms with E-state index in [2.05, 4.69) is 22.4 Å². The number of nitrogens with one attached hydrogen (secondary N) is 1. The Morgan fingerprint density at radius 2 is 1.67 bits per heavy atom. The van der Waals surface area contributed by atoms with E-state index in [4.69, 9.17) is 9.47 Å². The van der Waals surface area contributed by atoms with E-state index in [0.29, 0.717) is 19.1 Å². The summed E-state index contributed by atoms with van der Waals surface area (Å²) in [6.07, 6.45) is 0.873. The predicted octanol–water partition coefficient (Wildman–Crippen LogP) is 2.28. The normalized spacial score (nSPS) is 11.0. The van der Waals surface area contributed by atoms with E-state index >= 15 is 0 Å². The van der Waals surface area contributed by atoms with E-state index in [-0.39, 0.29) is 12.5 Å². The van der Waals surface area contributed by atoms with Crippen LogP contribution in [-0.2, 0) is 11.2 Å². The Hall–Kier alpha value is -3.22. The van der Waals surface area contributed by atoms with Crippen molar-refractivity contribution in [2.24, 2.45) is 4.99 Å². The van der Waals surface area contributed by atoms with Crippen LogP contribution in [-0.4, -0.2) is 76.2 Å². The summed E-state index contributed by atoms with van der Waals surface area (Å²) in [5, 5.41) is 3.36. The third kappa shape index (κ3) is 8.03. The van der Waals surface area contributed by atoms with Gasteiger partial charge in [0.1, 0.15) is 24.7 Å². The minimum Gasteiger partial charge on any atom is -0.497 e. The molecule has 0 saturated heterocycles. The van der Waals surface area contributed by atoms with E-state index in [1.165, 1.54) is 10.5 Å². The molecule has 2 aromatic rings. The van der Waals surface area contributed by atoms with Gasteiger partial charge in [-0.15, -0.1) is 0 Å². The molecule has 2 rings (SSSR count). The number of carbonyl (C=O) groups is 1. The summed E-state index contributed by atoms with van der Waals surface area (Å²) in [4.78, 5) is 20.0. The molecule has 0 radical (unpaired) electrons. The molecule has 7 nitrogen and oxygen atoms in total. The summed E-state index contributed by atoms with van der Waals surface area (Å²) in [6.45, 7) is 1.94. The average molecular weight is 413 g/mol. The predicted molar refractivity (Wildman–Crippen MR) is 120 cm³/mol. The van der Waals surface area contributed by atoms with Gasteiger partial charge in [0.2, 0.25) is 5.91 Å². The van der Waals surface area contributed by atoms with Crippen LogP contribution in [0.3, 0.4) is 0 Å². The molecular weight excluding hydrogens is 380 g/mol. The molecule has 30 heavy (non-hydrogen) atoms. The van der Waals surface area contributed by atoms with Gasteiger partial charge in [-0.05, 0) is 36.2 Å². The lowest BCUT2D eigenvalue weighted by Gasteiger charge is -2.23. The van der Waals surface area contributed by atoms with Crippen LogP contribution in [0.15, 0.2) is 59.6 Å². The molecule has 1 amide bonds. The number of benzene rings is 2. The molecule has 0 aliphatic rings. The Morgan fingerprint density at radius 3 is 2.30 bits per heavy atom. The number of amides is 1. The summed E-state index contributed by atoms with van der Waals surface area (Å²) in [5.41, 5.74) is 1.25. The fourth-order valence-corrected chi connectivity index (χ4v) is 2.64. The molecule has 1 N–H and O–H groups in total. The van der Waals surface area contributed by atoms with Crippen LogP contribution >= 0.6 is 0 Å². The number of likely N-dealkylation sites (N-methyl/N-ethyl adjacent to an activating group) is 2. The molecule has 0 saturated carbocycles. The minimum atomic E-state index is -0.0414. The number of aliphatic imine (C=N–C) groups is 1. The zero-order valence-electron chi connectivity index (χ0n) is 18.3. The summed E-state index contributed by atoms with van der Waals surface area (Å²) >= 11 is 0. The maximum Gasteiger partial charge on any atom is 0.243 e. The fraction of sp³-hybridized carbons (Fsp3) is 0.391. The molecule has 7 heteroatoms. The number of nitrogens with zero attached hydrogens (tertiary/aromatic N) is 3. The first-order valence-corrected chi connectivity index (χ1v) is 10.00. The standard InChI is InChI=1S/C23H32N4O3/c1-26(2)22(28)18-25-23(24-15-14-19-8-6-5-7-9-19)27(3)16-17-30-21-12-10-20(29-4)11-13-21/h5-13H,14-18H2,1-4H3,(H,24,25). The second-order valence-corrected chi connectivity index (χ2v) is 7.04. The van der Waals surface area contributed by atoms with Crippen LogP contribution in [0.25, 0.3) is 0 Å². The monoisotopic (exact) mass is 412 g/mol. The van der Waals surface area contributed by atoms with Gasteiger partial charge in [0.15, 0.2) is 5.96 Å². The highest BCUT2D eigenvalue weighted by molar-refractivity contribution is 5.84. The molecule has 0 fully saturated rings. The highest BCUT2D eigenvalue weighted by Crippen LogP contribution is 2.16. The number of methoxy groups -OCH3 is 1. The number of hydrogen-bond donors (Lipinski definition) is 1. The molecule has 0 spiro atoms. The van der Waals surface area contributed by atoms with Gasteiger partial charge >= 0.3 is 0 Å². The van der Waals surface area contributed by atoms with Crippen molar-refractivity contribution in [1.29, 1.82) is 0 Å². The first-order chi connectivity index (χ1) is 14.5. The summed E-state index contributed by atoms with van der Waals surface area (Å²) in [5.74, 6) is 2.21. The van der Waals surface area contributed by atoms with Gasteiger partial charge in [0, 0.05) is 27.7 Å². The largest absolute Gasteiger partial charge is 0.497 e. The number of rotatable bonds is 10. The lowest BCUT2D eigenvalue weighted by Crippen LogP contribution is -2.42. The third-order valence-corrected chi connectivity index (χ3v) is 4.52. The van der Waals surface area contributed by atoms with E-state index in [0.717, 1.165) is 24.5 Å². The number of hydrogen-bond acceptors (Lipinski definition) is 4. The van der Waals surface area contributed by atoms with E-state index in [9.17, 15) is 4.79 Å². The first kappa shape index (κ1) is 23.1. The number of guanidine groups is 1. The van der Waals surface area contributed by atoms with Gasteiger partial charge in [-0.25, -0.2) is 4.99 Å². The number of ether oxygens (including phenoxy) is 2. The summed E-state index contributed by atoms with van der Waals surface area (Å²) < 4.78 is 11.0. The highest BCUT2D eigenvalue weighted by Gasteiger charge is 2.09. The SMILES string of the molecule is COc1ccc(OCCN(C)C(=NCC(=O)N(C)C)NCCc2ccccc2)cc1. The second-order valence-electron chi connectivity index (χ2n) is 7.04. The quantitative estimate of drug-likeness (QED) is 0.479. The first-order valence-electron chi connectivity index (χ1n) is 10.00. The zero-order chi connectivity index (χ0) is 21.8. The molecule has 0 atom stereocenters. The van der Waals surface area contributed by atoms with Crippen molar-refractivity contribution in [1.82, 2.24) is 15.1 Å². The van der Waals surface area contributed by atoms with Gasteiger partial charge in [-0.2, -0.15) is 0 Å². The molecule has 0 heterocycles. The maximum atomic E-state index is 12.0. The fourth-order valence-electron chi connectivity index (χ4n) is 2.64. The van der Waals surface area contributed by atoms with Crippen molar-refractivity contribution in [3.63, 3.8) is 0 Å². The van der Waals surface area contributed by atoms with Crippen molar-refractivity contribution in [3.05, 3.63) is 60.2 Å². The topological polar surface area (TPSA) is 66.4 Å². The van der Waals surface area contributed by atoms with Crippen molar-refractivity contribution in [3.8, 4) is 11.5 Å². The van der Waals surface area contributed by atoms with Crippen LogP contribution in [0.1, 0.15) is 5.56 Å². The molecular formula is C23H32N4O3. The molecule has 162 valence electrons. The lowest BCUT2D eigenvalue weighted by molar-refractivity contribution is -0.127. The molecule has 0 unspecified atom stereocenters. The Balaban J connectivity index is 1.89. The van der Waals surface area contributed by atoms with Crippen molar-refractivity contribution in [2.75, 3.05) is 54.5 Å². The van der Waals surface area contributed by atoms with Crippen LogP contribution in [0.5, 0.6) is 11.5 Å². The maximum absolute atomic E-state index is 12.0. The van der Waals surface area contributed by atoms with Gasteiger partial charge in [0.05, 0.1) is 13.7 Å². The van der Waals surface area contributed by atoms with Gasteiger partial charge in [-0.1, -0.05) is 30.3 Å². The smallest absolute Gasteiger partial charge is 0.243 e. The Kier molecular flexibility index (Phi) is 9.51. The molecule has 0 aliphatic carbocycles. The zero-order valence-corrected chi connectivity index (χ0v) is 18.3. The van der Waals surface area contributed by atoms with Crippen LogP contribution in [0.2, 0.25) is 0 Å². The van der Waals surface area contributed by atoms with E-state index in [1.807, 2.05) is 54.4 Å². The van der Waals surface area contributed by atoms with Crippen LogP contribution < -0.4 is 14.8 Å². The van der Waals surface area contributed by atoms with E-state index < -0.39 is 0 Å². The summed E-state index contributed by atoms with van der Waals surface area (Å²) in [6, 6.07) is 17.7. The molecule has 0 aromatic heterocycles. The van der Waals surface area contributed by atoms with Crippen molar-refractivity contribution < 1.29 is 14.3 Å². The van der Waals surface area contributed by atoms with Crippen LogP contribution in [0.4, 0.5) is 0 Å². The minimum absolute atomic E-state index is 0.0414. The van der Waals surface area contributed by atoms with Gasteiger partial charge in [0.25, 0.3) is 0 Å². The van der Waals surface area contributed by atoms with Crippen molar-refractivity contribution in [2.45, 2.75) is 6.42 Å². The second kappa shape index (κ2) is 12.4. The lowest BCUT2D eigenvalue weighted by atomic mass is 10.1. The highest BCUT2D eigenvalue weighted by atomic mass is 16.5. The van der Waals surface area contributed by atoms with Gasteiger partial charge in [-0.3, -0.25) is 4.79 Å². The van der Waals surface area contributed by atoms with Gasteiger partial charge < -0.3 is 24.6 Å². The third-order valence-electron chi connectivity index (χ3n) is 4.52. The summed E-state index contributed by atoms with van der Waals surface area (Å²) in [7, 11) is 7.03. The molecule has 0 aliphatic heterocycles. The average Bonchev–Trinajstić information content (AvgIpc) is 2.76. The Labute approximate surface area is 179 Å². The molecule has 2 aromatic carbocycles. The van der Waals surface area contributed by atoms with Crippen LogP contribution in [0, 0.1) is 0 Å². The Morgan fingerprint density at radius 1 is 1.00 bits per heavy atom. The Bertz CT molecular complexity index is 792. The number of carbonyl (C=O) groups excluding carboxylic acids is 1.